The van der Waals surface area contributed by atoms with Gasteiger partial charge in [0.25, 0.3) is 0 Å². The molecule has 20 heavy (non-hydrogen) atoms. The standard InChI is InChI=1S/C15H18N2O3/c1-10-5-4-8-17(14(10)15(18)19)9-13-16-11-6-2-3-7-12(11)20-13/h2-3,6-7,10,14H,4-5,8-9H2,1H3,(H,18,19). The monoisotopic (exact) mass is 274 g/mol. The minimum Gasteiger partial charge on any atom is -0.480 e. The summed E-state index contributed by atoms with van der Waals surface area (Å²) in [6.45, 7) is 3.23. The van der Waals surface area contributed by atoms with Crippen LogP contribution in [0.2, 0.25) is 0 Å². The van der Waals surface area contributed by atoms with Crippen molar-refractivity contribution in [3.63, 3.8) is 0 Å². The van der Waals surface area contributed by atoms with Crippen LogP contribution in [0.4, 0.5) is 0 Å². The van der Waals surface area contributed by atoms with Crippen LogP contribution in [0.1, 0.15) is 25.7 Å². The van der Waals surface area contributed by atoms with Crippen LogP contribution in [0.3, 0.4) is 0 Å². The van der Waals surface area contributed by atoms with Crippen molar-refractivity contribution in [2.45, 2.75) is 32.4 Å². The predicted molar refractivity (Wildman–Crippen MR) is 74.2 cm³/mol. The zero-order chi connectivity index (χ0) is 14.1. The third kappa shape index (κ3) is 2.41. The van der Waals surface area contributed by atoms with Gasteiger partial charge in [0.2, 0.25) is 5.89 Å². The van der Waals surface area contributed by atoms with Crippen molar-refractivity contribution in [3.05, 3.63) is 30.2 Å². The third-order valence-corrected chi connectivity index (χ3v) is 3.97. The van der Waals surface area contributed by atoms with E-state index < -0.39 is 12.0 Å². The first-order chi connectivity index (χ1) is 9.65. The Morgan fingerprint density at radius 3 is 3.05 bits per heavy atom. The average molecular weight is 274 g/mol. The van der Waals surface area contributed by atoms with Crippen molar-refractivity contribution in [1.82, 2.24) is 9.88 Å². The zero-order valence-corrected chi connectivity index (χ0v) is 11.5. The van der Waals surface area contributed by atoms with Crippen LogP contribution in [0.15, 0.2) is 28.7 Å². The Balaban J connectivity index is 1.83. The van der Waals surface area contributed by atoms with Crippen molar-refractivity contribution < 1.29 is 14.3 Å². The molecule has 0 saturated carbocycles. The van der Waals surface area contributed by atoms with Gasteiger partial charge in [0, 0.05) is 0 Å². The molecule has 3 rings (SSSR count). The summed E-state index contributed by atoms with van der Waals surface area (Å²) in [4.78, 5) is 17.8. The van der Waals surface area contributed by atoms with Crippen molar-refractivity contribution in [2.24, 2.45) is 5.92 Å². The zero-order valence-electron chi connectivity index (χ0n) is 11.5. The summed E-state index contributed by atoms with van der Waals surface area (Å²) < 4.78 is 5.69. The highest BCUT2D eigenvalue weighted by Gasteiger charge is 2.34. The molecule has 1 aromatic carbocycles. The molecule has 0 spiro atoms. The van der Waals surface area contributed by atoms with Gasteiger partial charge in [0.05, 0.1) is 6.54 Å². The van der Waals surface area contributed by atoms with E-state index in [9.17, 15) is 9.90 Å². The van der Waals surface area contributed by atoms with Crippen LogP contribution < -0.4 is 0 Å². The van der Waals surface area contributed by atoms with Gasteiger partial charge in [-0.25, -0.2) is 4.98 Å². The Bertz CT molecular complexity index is 589. The fourth-order valence-electron chi connectivity index (χ4n) is 3.01. The first-order valence-corrected chi connectivity index (χ1v) is 6.96. The quantitative estimate of drug-likeness (QED) is 0.931. The molecule has 0 bridgehead atoms. The molecule has 2 atom stereocenters. The number of carboxylic acids is 1. The molecule has 5 nitrogen and oxygen atoms in total. The molecule has 0 amide bonds. The van der Waals surface area contributed by atoms with Gasteiger partial charge in [-0.3, -0.25) is 9.69 Å². The van der Waals surface area contributed by atoms with Gasteiger partial charge in [-0.2, -0.15) is 0 Å². The summed E-state index contributed by atoms with van der Waals surface area (Å²) >= 11 is 0. The van der Waals surface area contributed by atoms with Gasteiger partial charge in [-0.05, 0) is 37.4 Å². The van der Waals surface area contributed by atoms with Crippen LogP contribution >= 0.6 is 0 Å². The van der Waals surface area contributed by atoms with Gasteiger partial charge >= 0.3 is 5.97 Å². The molecule has 1 aliphatic rings. The molecule has 0 radical (unpaired) electrons. The number of oxazole rings is 1. The van der Waals surface area contributed by atoms with E-state index in [0.29, 0.717) is 12.4 Å². The lowest BCUT2D eigenvalue weighted by atomic mass is 9.91. The van der Waals surface area contributed by atoms with Crippen LogP contribution in [-0.4, -0.2) is 33.5 Å². The third-order valence-electron chi connectivity index (χ3n) is 3.97. The van der Waals surface area contributed by atoms with Crippen molar-refractivity contribution in [2.75, 3.05) is 6.54 Å². The number of fused-ring (bicyclic) bond motifs is 1. The molecule has 1 N–H and O–H groups in total. The van der Waals surface area contributed by atoms with Gasteiger partial charge in [0.1, 0.15) is 11.6 Å². The smallest absolute Gasteiger partial charge is 0.321 e. The van der Waals surface area contributed by atoms with Gasteiger partial charge in [-0.1, -0.05) is 19.1 Å². The number of rotatable bonds is 3. The number of hydrogen-bond donors (Lipinski definition) is 1. The SMILES string of the molecule is CC1CCCN(Cc2nc3ccccc3o2)C1C(=O)O. The summed E-state index contributed by atoms with van der Waals surface area (Å²) in [5.74, 6) is -0.00881. The Labute approximate surface area is 117 Å². The fraction of sp³-hybridized carbons (Fsp3) is 0.467. The van der Waals surface area contributed by atoms with Crippen molar-refractivity contribution in [1.29, 1.82) is 0 Å². The van der Waals surface area contributed by atoms with Gasteiger partial charge in [0.15, 0.2) is 5.58 Å². The summed E-state index contributed by atoms with van der Waals surface area (Å²) in [6.07, 6.45) is 1.98. The van der Waals surface area contributed by atoms with E-state index in [-0.39, 0.29) is 5.92 Å². The minimum absolute atomic E-state index is 0.158. The number of likely N-dealkylation sites (tertiary alicyclic amines) is 1. The second-order valence-electron chi connectivity index (χ2n) is 5.45. The first kappa shape index (κ1) is 13.1. The fourth-order valence-corrected chi connectivity index (χ4v) is 3.01. The van der Waals surface area contributed by atoms with Crippen LogP contribution in [0.5, 0.6) is 0 Å². The Morgan fingerprint density at radius 2 is 2.30 bits per heavy atom. The van der Waals surface area contributed by atoms with Crippen LogP contribution in [0, 0.1) is 5.92 Å². The highest BCUT2D eigenvalue weighted by atomic mass is 16.4. The Morgan fingerprint density at radius 1 is 1.50 bits per heavy atom. The first-order valence-electron chi connectivity index (χ1n) is 6.96. The number of aliphatic carboxylic acids is 1. The highest BCUT2D eigenvalue weighted by Crippen LogP contribution is 2.26. The average Bonchev–Trinajstić information content (AvgIpc) is 2.80. The Hall–Kier alpha value is -1.88. The van der Waals surface area contributed by atoms with Crippen LogP contribution in [0.25, 0.3) is 11.1 Å². The number of para-hydroxylation sites is 2. The lowest BCUT2D eigenvalue weighted by Gasteiger charge is -2.36. The number of piperidine rings is 1. The van der Waals surface area contributed by atoms with Crippen molar-refractivity contribution >= 4 is 17.1 Å². The molecular formula is C15H18N2O3. The van der Waals surface area contributed by atoms with Crippen LogP contribution in [-0.2, 0) is 11.3 Å². The van der Waals surface area contributed by atoms with E-state index >= 15 is 0 Å². The highest BCUT2D eigenvalue weighted by molar-refractivity contribution is 5.74. The summed E-state index contributed by atoms with van der Waals surface area (Å²) in [5, 5.41) is 9.40. The number of hydrogen-bond acceptors (Lipinski definition) is 4. The normalized spacial score (nSPS) is 24.1. The molecule has 0 aliphatic carbocycles. The second-order valence-corrected chi connectivity index (χ2v) is 5.45. The summed E-state index contributed by atoms with van der Waals surface area (Å²) in [5.41, 5.74) is 1.57. The molecule has 2 aromatic rings. The molecule has 2 heterocycles. The van der Waals surface area contributed by atoms with Gasteiger partial charge in [-0.15, -0.1) is 0 Å². The number of benzene rings is 1. The number of carboxylic acid groups (broad SMARTS) is 1. The second kappa shape index (κ2) is 5.25. The lowest BCUT2D eigenvalue weighted by Crippen LogP contribution is -2.48. The van der Waals surface area contributed by atoms with E-state index in [4.69, 9.17) is 4.42 Å². The number of nitrogens with zero attached hydrogens (tertiary/aromatic N) is 2. The topological polar surface area (TPSA) is 66.6 Å². The van der Waals surface area contributed by atoms with E-state index in [2.05, 4.69) is 4.98 Å². The minimum atomic E-state index is -0.756. The molecule has 1 aliphatic heterocycles. The maximum atomic E-state index is 11.4. The molecule has 1 aromatic heterocycles. The molecule has 1 fully saturated rings. The summed E-state index contributed by atoms with van der Waals surface area (Å²) in [7, 11) is 0. The molecule has 1 saturated heterocycles. The predicted octanol–water partition coefficient (Wildman–Crippen LogP) is 2.51. The maximum Gasteiger partial charge on any atom is 0.321 e. The molecular weight excluding hydrogens is 256 g/mol. The Kier molecular flexibility index (Phi) is 3.44. The lowest BCUT2D eigenvalue weighted by molar-refractivity contribution is -0.147. The van der Waals surface area contributed by atoms with E-state index in [1.54, 1.807) is 0 Å². The molecule has 2 unspecified atom stereocenters. The molecule has 5 heteroatoms. The number of carbonyl (C=O) groups is 1. The van der Waals surface area contributed by atoms with E-state index in [1.807, 2.05) is 36.1 Å². The number of aromatic nitrogens is 1. The van der Waals surface area contributed by atoms with E-state index in [1.165, 1.54) is 0 Å². The van der Waals surface area contributed by atoms with E-state index in [0.717, 1.165) is 30.5 Å². The maximum absolute atomic E-state index is 11.4. The van der Waals surface area contributed by atoms with Crippen molar-refractivity contribution in [3.8, 4) is 0 Å². The largest absolute Gasteiger partial charge is 0.480 e. The molecule has 106 valence electrons. The van der Waals surface area contributed by atoms with Gasteiger partial charge < -0.3 is 9.52 Å². The summed E-state index contributed by atoms with van der Waals surface area (Å²) in [6, 6.07) is 7.14.